The Morgan fingerprint density at radius 3 is 2.50 bits per heavy atom. The largest absolute Gasteiger partial charge is 0.444 e. The Kier molecular flexibility index (Phi) is 5.44. The monoisotopic (exact) mass is 375 g/mol. The molecule has 1 aliphatic rings. The standard InChI is InChI=1S/C23H25N3O2/c1-2-10-24-11-13-25(14-12-24)22-9-8-20-16-26(17-21(20)15-22)23(27)28-18-19-6-4-3-5-7-19/h2-9,15-17H,1,10-14,18H2. The summed E-state index contributed by atoms with van der Waals surface area (Å²) in [5, 5.41) is 2.08. The van der Waals surface area contributed by atoms with Crippen LogP contribution in [0.4, 0.5) is 10.5 Å². The Morgan fingerprint density at radius 2 is 1.75 bits per heavy atom. The van der Waals surface area contributed by atoms with Crippen LogP contribution in [0.2, 0.25) is 0 Å². The van der Waals surface area contributed by atoms with Crippen LogP contribution in [0.5, 0.6) is 0 Å². The minimum atomic E-state index is -0.361. The first kappa shape index (κ1) is 18.3. The Morgan fingerprint density at radius 1 is 1.00 bits per heavy atom. The highest BCUT2D eigenvalue weighted by Gasteiger charge is 2.17. The zero-order valence-corrected chi connectivity index (χ0v) is 16.0. The first-order chi connectivity index (χ1) is 13.7. The highest BCUT2D eigenvalue weighted by molar-refractivity contribution is 5.89. The first-order valence-electron chi connectivity index (χ1n) is 9.64. The van der Waals surface area contributed by atoms with Crippen LogP contribution in [0, 0.1) is 0 Å². The van der Waals surface area contributed by atoms with Crippen molar-refractivity contribution >= 4 is 22.6 Å². The summed E-state index contributed by atoms with van der Waals surface area (Å²) in [5.41, 5.74) is 2.17. The number of carbonyl (C=O) groups excluding carboxylic acids is 1. The van der Waals surface area contributed by atoms with Crippen molar-refractivity contribution in [2.45, 2.75) is 6.61 Å². The van der Waals surface area contributed by atoms with E-state index in [1.54, 1.807) is 0 Å². The number of anilines is 1. The van der Waals surface area contributed by atoms with Gasteiger partial charge in [-0.25, -0.2) is 4.79 Å². The van der Waals surface area contributed by atoms with Crippen molar-refractivity contribution < 1.29 is 9.53 Å². The molecule has 0 N–H and O–H groups in total. The number of nitrogens with zero attached hydrogens (tertiary/aromatic N) is 3. The Hall–Kier alpha value is -3.05. The molecular formula is C23H25N3O2. The van der Waals surface area contributed by atoms with Gasteiger partial charge in [0.1, 0.15) is 6.61 Å². The molecule has 2 aromatic carbocycles. The average molecular weight is 375 g/mol. The average Bonchev–Trinajstić information content (AvgIpc) is 3.17. The summed E-state index contributed by atoms with van der Waals surface area (Å²) in [6.45, 7) is 9.11. The molecule has 2 heterocycles. The summed E-state index contributed by atoms with van der Waals surface area (Å²) in [6, 6.07) is 16.1. The molecule has 0 unspecified atom stereocenters. The molecule has 1 aromatic heterocycles. The summed E-state index contributed by atoms with van der Waals surface area (Å²) in [6.07, 6.45) is 5.27. The Labute approximate surface area is 165 Å². The molecular weight excluding hydrogens is 350 g/mol. The third-order valence-corrected chi connectivity index (χ3v) is 5.17. The van der Waals surface area contributed by atoms with E-state index in [1.807, 2.05) is 48.8 Å². The van der Waals surface area contributed by atoms with E-state index < -0.39 is 0 Å². The number of hydrogen-bond donors (Lipinski definition) is 0. The van der Waals surface area contributed by atoms with Gasteiger partial charge in [-0.3, -0.25) is 9.47 Å². The van der Waals surface area contributed by atoms with Crippen LogP contribution in [0.25, 0.3) is 10.8 Å². The van der Waals surface area contributed by atoms with Crippen LogP contribution in [0.15, 0.2) is 73.6 Å². The second-order valence-electron chi connectivity index (χ2n) is 7.10. The van der Waals surface area contributed by atoms with Gasteiger partial charge in [0.05, 0.1) is 0 Å². The van der Waals surface area contributed by atoms with Crippen molar-refractivity contribution in [3.63, 3.8) is 0 Å². The molecule has 4 rings (SSSR count). The fraction of sp³-hybridized carbons (Fsp3) is 0.261. The number of aromatic nitrogens is 1. The van der Waals surface area contributed by atoms with Crippen LogP contribution in [-0.4, -0.2) is 48.3 Å². The van der Waals surface area contributed by atoms with E-state index in [2.05, 4.69) is 34.6 Å². The highest BCUT2D eigenvalue weighted by Crippen LogP contribution is 2.24. The van der Waals surface area contributed by atoms with E-state index in [9.17, 15) is 4.79 Å². The number of fused-ring (bicyclic) bond motifs is 1. The van der Waals surface area contributed by atoms with Gasteiger partial charge < -0.3 is 9.64 Å². The maximum absolute atomic E-state index is 12.4. The van der Waals surface area contributed by atoms with Gasteiger partial charge in [-0.1, -0.05) is 42.5 Å². The lowest BCUT2D eigenvalue weighted by atomic mass is 10.2. The van der Waals surface area contributed by atoms with Gasteiger partial charge in [0.15, 0.2) is 0 Å². The molecule has 0 amide bonds. The van der Waals surface area contributed by atoms with E-state index in [-0.39, 0.29) is 12.7 Å². The molecule has 0 radical (unpaired) electrons. The molecule has 28 heavy (non-hydrogen) atoms. The number of carbonyl (C=O) groups is 1. The van der Waals surface area contributed by atoms with Gasteiger partial charge in [-0.05, 0) is 17.7 Å². The predicted octanol–water partition coefficient (Wildman–Crippen LogP) is 4.13. The topological polar surface area (TPSA) is 37.7 Å². The van der Waals surface area contributed by atoms with Gasteiger partial charge >= 0.3 is 6.09 Å². The van der Waals surface area contributed by atoms with Gasteiger partial charge in [-0.15, -0.1) is 6.58 Å². The molecule has 0 aliphatic carbocycles. The molecule has 0 atom stereocenters. The van der Waals surface area contributed by atoms with Crippen LogP contribution in [-0.2, 0) is 11.3 Å². The quantitative estimate of drug-likeness (QED) is 0.629. The van der Waals surface area contributed by atoms with Crippen molar-refractivity contribution in [3.8, 4) is 0 Å². The lowest BCUT2D eigenvalue weighted by Gasteiger charge is -2.35. The minimum absolute atomic E-state index is 0.272. The van der Waals surface area contributed by atoms with Crippen molar-refractivity contribution in [1.29, 1.82) is 0 Å². The summed E-state index contributed by atoms with van der Waals surface area (Å²) in [7, 11) is 0. The SMILES string of the molecule is C=CCN1CCN(c2ccc3cn(C(=O)OCc4ccccc4)cc3c2)CC1. The lowest BCUT2D eigenvalue weighted by molar-refractivity contribution is 0.141. The van der Waals surface area contributed by atoms with Gasteiger partial charge in [0, 0.05) is 61.6 Å². The number of rotatable bonds is 5. The second kappa shape index (κ2) is 8.31. The van der Waals surface area contributed by atoms with Crippen LogP contribution < -0.4 is 4.90 Å². The molecule has 0 bridgehead atoms. The maximum Gasteiger partial charge on any atom is 0.418 e. The fourth-order valence-electron chi connectivity index (χ4n) is 3.60. The number of piperazine rings is 1. The maximum atomic E-state index is 12.4. The zero-order chi connectivity index (χ0) is 19.3. The van der Waals surface area contributed by atoms with Crippen molar-refractivity contribution in [3.05, 3.63) is 79.1 Å². The molecule has 1 fully saturated rings. The molecule has 3 aromatic rings. The van der Waals surface area contributed by atoms with Crippen molar-refractivity contribution in [1.82, 2.24) is 9.47 Å². The molecule has 5 heteroatoms. The Balaban J connectivity index is 1.43. The first-order valence-corrected chi connectivity index (χ1v) is 9.64. The van der Waals surface area contributed by atoms with Crippen LogP contribution in [0.3, 0.4) is 0 Å². The zero-order valence-electron chi connectivity index (χ0n) is 16.0. The number of ether oxygens (including phenoxy) is 1. The van der Waals surface area contributed by atoms with Crippen molar-refractivity contribution in [2.75, 3.05) is 37.6 Å². The number of benzene rings is 2. The fourth-order valence-corrected chi connectivity index (χ4v) is 3.60. The van der Waals surface area contributed by atoms with E-state index in [1.165, 1.54) is 10.3 Å². The minimum Gasteiger partial charge on any atom is -0.444 e. The van der Waals surface area contributed by atoms with Gasteiger partial charge in [0.25, 0.3) is 0 Å². The normalized spacial score (nSPS) is 14.9. The predicted molar refractivity (Wildman–Crippen MR) is 113 cm³/mol. The van der Waals surface area contributed by atoms with E-state index in [0.29, 0.717) is 0 Å². The van der Waals surface area contributed by atoms with E-state index in [4.69, 9.17) is 4.74 Å². The molecule has 0 spiro atoms. The summed E-state index contributed by atoms with van der Waals surface area (Å²) in [4.78, 5) is 17.2. The third-order valence-electron chi connectivity index (χ3n) is 5.17. The van der Waals surface area contributed by atoms with Gasteiger partial charge in [0.2, 0.25) is 0 Å². The van der Waals surface area contributed by atoms with Gasteiger partial charge in [-0.2, -0.15) is 0 Å². The summed E-state index contributed by atoms with van der Waals surface area (Å²) >= 11 is 0. The highest BCUT2D eigenvalue weighted by atomic mass is 16.5. The van der Waals surface area contributed by atoms with Crippen LogP contribution >= 0.6 is 0 Å². The second-order valence-corrected chi connectivity index (χ2v) is 7.10. The van der Waals surface area contributed by atoms with E-state index >= 15 is 0 Å². The molecule has 0 saturated carbocycles. The molecule has 1 saturated heterocycles. The van der Waals surface area contributed by atoms with Crippen LogP contribution in [0.1, 0.15) is 5.56 Å². The summed E-state index contributed by atoms with van der Waals surface area (Å²) in [5.74, 6) is 0. The number of hydrogen-bond acceptors (Lipinski definition) is 4. The Bertz CT molecular complexity index is 956. The third kappa shape index (κ3) is 4.10. The summed E-state index contributed by atoms with van der Waals surface area (Å²) < 4.78 is 6.95. The molecule has 5 nitrogen and oxygen atoms in total. The lowest BCUT2D eigenvalue weighted by Crippen LogP contribution is -2.46. The van der Waals surface area contributed by atoms with Crippen molar-refractivity contribution in [2.24, 2.45) is 0 Å². The van der Waals surface area contributed by atoms with E-state index in [0.717, 1.165) is 49.1 Å². The smallest absolute Gasteiger partial charge is 0.418 e. The molecule has 1 aliphatic heterocycles. The molecule has 144 valence electrons.